The van der Waals surface area contributed by atoms with Crippen LogP contribution in [0.25, 0.3) is 0 Å². The number of nitrogens with zero attached hydrogens (tertiary/aromatic N) is 1. The second kappa shape index (κ2) is 5.50. The maximum atomic E-state index is 11.9. The second-order valence-electron chi connectivity index (χ2n) is 3.21. The van der Waals surface area contributed by atoms with Gasteiger partial charge in [0, 0.05) is 19.4 Å². The molecule has 0 spiro atoms. The third-order valence-electron chi connectivity index (χ3n) is 1.93. The molecular formula is C8H11F2N3O3. The molecule has 3 N–H and O–H groups in total. The Balaban J connectivity index is 2.38. The Hall–Kier alpha value is -1.57. The van der Waals surface area contributed by atoms with Crippen molar-refractivity contribution in [2.75, 3.05) is 6.54 Å². The van der Waals surface area contributed by atoms with E-state index >= 15 is 0 Å². The molecule has 1 rings (SSSR count). The third kappa shape index (κ3) is 3.54. The molecule has 8 heteroatoms. The number of halogens is 2. The SMILES string of the molecule is O=C1CCC(C(=O)NCC(O)C(F)F)=NN1. The number of alkyl halides is 2. The Labute approximate surface area is 89.7 Å². The highest BCUT2D eigenvalue weighted by atomic mass is 19.3. The number of hydrogen-bond donors (Lipinski definition) is 3. The maximum absolute atomic E-state index is 11.9. The summed E-state index contributed by atoms with van der Waals surface area (Å²) >= 11 is 0. The van der Waals surface area contributed by atoms with Crippen molar-refractivity contribution in [3.05, 3.63) is 0 Å². The Kier molecular flexibility index (Phi) is 4.29. The quantitative estimate of drug-likeness (QED) is 0.583. The van der Waals surface area contributed by atoms with E-state index in [2.05, 4.69) is 15.8 Å². The Morgan fingerprint density at radius 3 is 2.75 bits per heavy atom. The summed E-state index contributed by atoms with van der Waals surface area (Å²) in [5, 5.41) is 14.3. The van der Waals surface area contributed by atoms with Crippen LogP contribution >= 0.6 is 0 Å². The molecule has 0 radical (unpaired) electrons. The number of aliphatic hydroxyl groups excluding tert-OH is 1. The highest BCUT2D eigenvalue weighted by Crippen LogP contribution is 2.01. The van der Waals surface area contributed by atoms with Crippen LogP contribution in [0.1, 0.15) is 12.8 Å². The number of carbonyl (C=O) groups is 2. The number of aliphatic hydroxyl groups is 1. The molecule has 1 aliphatic rings. The van der Waals surface area contributed by atoms with Gasteiger partial charge in [0.05, 0.1) is 0 Å². The highest BCUT2D eigenvalue weighted by molar-refractivity contribution is 6.39. The number of amides is 2. The third-order valence-corrected chi connectivity index (χ3v) is 1.93. The van der Waals surface area contributed by atoms with E-state index in [1.165, 1.54) is 0 Å². The largest absolute Gasteiger partial charge is 0.385 e. The monoisotopic (exact) mass is 235 g/mol. The van der Waals surface area contributed by atoms with Crippen LogP contribution < -0.4 is 10.7 Å². The number of rotatable bonds is 4. The molecule has 1 aliphatic heterocycles. The van der Waals surface area contributed by atoms with Crippen molar-refractivity contribution in [3.63, 3.8) is 0 Å². The summed E-state index contributed by atoms with van der Waals surface area (Å²) in [5.74, 6) is -0.969. The lowest BCUT2D eigenvalue weighted by Crippen LogP contribution is -2.41. The molecule has 1 unspecified atom stereocenters. The van der Waals surface area contributed by atoms with Crippen LogP contribution in [0, 0.1) is 0 Å². The van der Waals surface area contributed by atoms with Gasteiger partial charge in [-0.25, -0.2) is 14.2 Å². The minimum absolute atomic E-state index is 0.0565. The van der Waals surface area contributed by atoms with Gasteiger partial charge in [-0.2, -0.15) is 5.10 Å². The number of carbonyl (C=O) groups excluding carboxylic acids is 2. The van der Waals surface area contributed by atoms with Gasteiger partial charge < -0.3 is 10.4 Å². The standard InChI is InChI=1S/C8H11F2N3O3/c9-7(10)5(14)3-11-8(16)4-1-2-6(15)13-12-4/h5,7,14H,1-3H2,(H,11,16)(H,13,15). The molecule has 6 nitrogen and oxygen atoms in total. The van der Waals surface area contributed by atoms with Crippen molar-refractivity contribution in [3.8, 4) is 0 Å². The van der Waals surface area contributed by atoms with Crippen molar-refractivity contribution >= 4 is 17.5 Å². The van der Waals surface area contributed by atoms with Crippen LogP contribution in [0.3, 0.4) is 0 Å². The average Bonchev–Trinajstić information content (AvgIpc) is 2.26. The molecule has 0 bridgehead atoms. The summed E-state index contributed by atoms with van der Waals surface area (Å²) in [7, 11) is 0. The molecule has 0 saturated heterocycles. The summed E-state index contributed by atoms with van der Waals surface area (Å²) in [4.78, 5) is 22.0. The second-order valence-corrected chi connectivity index (χ2v) is 3.21. The first kappa shape index (κ1) is 12.5. The van der Waals surface area contributed by atoms with E-state index in [0.717, 1.165) is 0 Å². The lowest BCUT2D eigenvalue weighted by Gasteiger charge is -2.13. The van der Waals surface area contributed by atoms with Crippen LogP contribution in [-0.4, -0.2) is 41.7 Å². The van der Waals surface area contributed by atoms with Crippen molar-refractivity contribution in [2.45, 2.75) is 25.4 Å². The van der Waals surface area contributed by atoms with Crippen molar-refractivity contribution < 1.29 is 23.5 Å². The number of hydrogen-bond acceptors (Lipinski definition) is 4. The lowest BCUT2D eigenvalue weighted by molar-refractivity contribution is -0.121. The van der Waals surface area contributed by atoms with E-state index in [1.54, 1.807) is 0 Å². The fraction of sp³-hybridized carbons (Fsp3) is 0.625. The molecule has 0 aromatic carbocycles. The molecule has 0 fully saturated rings. The molecule has 16 heavy (non-hydrogen) atoms. The molecule has 0 saturated carbocycles. The molecule has 1 atom stereocenters. The van der Waals surface area contributed by atoms with Gasteiger partial charge in [0.15, 0.2) is 0 Å². The van der Waals surface area contributed by atoms with E-state index in [4.69, 9.17) is 5.11 Å². The molecule has 90 valence electrons. The number of nitrogens with one attached hydrogen (secondary N) is 2. The fourth-order valence-corrected chi connectivity index (χ4v) is 1.03. The molecular weight excluding hydrogens is 224 g/mol. The van der Waals surface area contributed by atoms with Gasteiger partial charge in [0.1, 0.15) is 11.8 Å². The van der Waals surface area contributed by atoms with Gasteiger partial charge >= 0.3 is 0 Å². The van der Waals surface area contributed by atoms with Crippen molar-refractivity contribution in [1.29, 1.82) is 0 Å². The van der Waals surface area contributed by atoms with Gasteiger partial charge in [-0.15, -0.1) is 0 Å². The molecule has 2 amide bonds. The van der Waals surface area contributed by atoms with E-state index < -0.39 is 25.0 Å². The zero-order chi connectivity index (χ0) is 12.1. The summed E-state index contributed by atoms with van der Waals surface area (Å²) in [6, 6.07) is 0. The summed E-state index contributed by atoms with van der Waals surface area (Å²) in [5.41, 5.74) is 2.16. The van der Waals surface area contributed by atoms with Crippen LogP contribution in [0.4, 0.5) is 8.78 Å². The van der Waals surface area contributed by atoms with Gasteiger partial charge in [-0.05, 0) is 0 Å². The van der Waals surface area contributed by atoms with Crippen LogP contribution in [-0.2, 0) is 9.59 Å². The number of hydrazone groups is 1. The first-order valence-electron chi connectivity index (χ1n) is 4.60. The fourth-order valence-electron chi connectivity index (χ4n) is 1.03. The molecule has 1 heterocycles. The van der Waals surface area contributed by atoms with E-state index in [1.807, 2.05) is 0 Å². The normalized spacial score (nSPS) is 17.8. The molecule has 0 aromatic rings. The van der Waals surface area contributed by atoms with E-state index in [0.29, 0.717) is 0 Å². The summed E-state index contributed by atoms with van der Waals surface area (Å²) in [6.07, 6.45) is -4.53. The minimum Gasteiger partial charge on any atom is -0.385 e. The van der Waals surface area contributed by atoms with Crippen molar-refractivity contribution in [1.82, 2.24) is 10.7 Å². The maximum Gasteiger partial charge on any atom is 0.267 e. The topological polar surface area (TPSA) is 90.8 Å². The Morgan fingerprint density at radius 2 is 2.25 bits per heavy atom. The molecule has 0 aromatic heterocycles. The van der Waals surface area contributed by atoms with Gasteiger partial charge in [-0.1, -0.05) is 0 Å². The van der Waals surface area contributed by atoms with Gasteiger partial charge in [0.2, 0.25) is 5.91 Å². The first-order chi connectivity index (χ1) is 7.50. The predicted octanol–water partition coefficient (Wildman–Crippen LogP) is -1.01. The van der Waals surface area contributed by atoms with Crippen molar-refractivity contribution in [2.24, 2.45) is 5.10 Å². The minimum atomic E-state index is -2.91. The lowest BCUT2D eigenvalue weighted by atomic mass is 10.1. The van der Waals surface area contributed by atoms with Crippen LogP contribution in [0.5, 0.6) is 0 Å². The Morgan fingerprint density at radius 1 is 1.56 bits per heavy atom. The summed E-state index contributed by atoms with van der Waals surface area (Å²) in [6.45, 7) is -0.552. The zero-order valence-electron chi connectivity index (χ0n) is 8.24. The van der Waals surface area contributed by atoms with Gasteiger partial charge in [-0.3, -0.25) is 9.59 Å². The highest BCUT2D eigenvalue weighted by Gasteiger charge is 2.21. The van der Waals surface area contributed by atoms with E-state index in [-0.39, 0.29) is 24.5 Å². The molecule has 0 aliphatic carbocycles. The predicted molar refractivity (Wildman–Crippen MR) is 49.8 cm³/mol. The van der Waals surface area contributed by atoms with Crippen LogP contribution in [0.2, 0.25) is 0 Å². The van der Waals surface area contributed by atoms with E-state index in [9.17, 15) is 18.4 Å². The summed E-state index contributed by atoms with van der Waals surface area (Å²) < 4.78 is 23.8. The Bertz CT molecular complexity index is 320. The van der Waals surface area contributed by atoms with Crippen LogP contribution in [0.15, 0.2) is 5.10 Å². The smallest absolute Gasteiger partial charge is 0.267 e. The first-order valence-corrected chi connectivity index (χ1v) is 4.60. The zero-order valence-corrected chi connectivity index (χ0v) is 8.24. The average molecular weight is 235 g/mol. The van der Waals surface area contributed by atoms with Gasteiger partial charge in [0.25, 0.3) is 12.3 Å².